The van der Waals surface area contributed by atoms with Crippen molar-refractivity contribution in [2.75, 3.05) is 6.26 Å². The van der Waals surface area contributed by atoms with Crippen LogP contribution in [0.3, 0.4) is 0 Å². The molecule has 0 spiro atoms. The molecule has 146 valence electrons. The van der Waals surface area contributed by atoms with Crippen molar-refractivity contribution in [1.82, 2.24) is 0 Å². The second-order valence-corrected chi connectivity index (χ2v) is 8.99. The standard InChI is InChI=1S/C21H18F2O4S/c1-28(25,26)15-8-5-12(6-9-15)19-18(14-7-10-16(22)17(23)11-14)20(27-21(19)24)13-3-2-4-13/h5-11,21,24H,2-4H2,1H3. The number of hydrogen-bond acceptors (Lipinski definition) is 4. The molecule has 1 aliphatic carbocycles. The molecule has 0 bridgehead atoms. The summed E-state index contributed by atoms with van der Waals surface area (Å²) in [4.78, 5) is 0.150. The summed E-state index contributed by atoms with van der Waals surface area (Å²) in [6.07, 6.45) is 2.46. The summed E-state index contributed by atoms with van der Waals surface area (Å²) in [5.41, 5.74) is 2.87. The van der Waals surface area contributed by atoms with Gasteiger partial charge in [0.2, 0.25) is 6.29 Å². The molecule has 7 heteroatoms. The molecule has 1 aliphatic heterocycles. The lowest BCUT2D eigenvalue weighted by Gasteiger charge is -2.21. The minimum Gasteiger partial charge on any atom is -0.460 e. The van der Waals surface area contributed by atoms with Crippen LogP contribution < -0.4 is 0 Å². The van der Waals surface area contributed by atoms with Gasteiger partial charge in [-0.05, 0) is 60.2 Å². The van der Waals surface area contributed by atoms with E-state index in [2.05, 4.69) is 0 Å². The molecule has 1 saturated carbocycles. The molecule has 1 fully saturated rings. The predicted molar refractivity (Wildman–Crippen MR) is 101 cm³/mol. The van der Waals surface area contributed by atoms with Crippen molar-refractivity contribution in [3.8, 4) is 0 Å². The van der Waals surface area contributed by atoms with Crippen LogP contribution >= 0.6 is 0 Å². The van der Waals surface area contributed by atoms with Crippen molar-refractivity contribution in [2.24, 2.45) is 0 Å². The summed E-state index contributed by atoms with van der Waals surface area (Å²) in [6.45, 7) is 0. The molecule has 0 aromatic heterocycles. The third-order valence-electron chi connectivity index (χ3n) is 5.05. The molecule has 1 heterocycles. The molecule has 4 rings (SSSR count). The Morgan fingerprint density at radius 1 is 1.00 bits per heavy atom. The molecule has 0 radical (unpaired) electrons. The molecule has 4 nitrogen and oxygen atoms in total. The fourth-order valence-electron chi connectivity index (χ4n) is 3.42. The van der Waals surface area contributed by atoms with E-state index in [0.29, 0.717) is 28.0 Å². The summed E-state index contributed by atoms with van der Waals surface area (Å²) in [5, 5.41) is 10.6. The monoisotopic (exact) mass is 404 g/mol. The van der Waals surface area contributed by atoms with E-state index in [0.717, 1.165) is 43.2 Å². The van der Waals surface area contributed by atoms with E-state index in [1.165, 1.54) is 18.2 Å². The zero-order valence-electron chi connectivity index (χ0n) is 15.1. The predicted octanol–water partition coefficient (Wildman–Crippen LogP) is 4.07. The number of sulfone groups is 1. The van der Waals surface area contributed by atoms with E-state index in [1.807, 2.05) is 0 Å². The topological polar surface area (TPSA) is 63.6 Å². The first-order valence-electron chi connectivity index (χ1n) is 8.83. The van der Waals surface area contributed by atoms with E-state index in [-0.39, 0.29) is 4.90 Å². The second-order valence-electron chi connectivity index (χ2n) is 6.97. The summed E-state index contributed by atoms with van der Waals surface area (Å²) in [7, 11) is -3.36. The van der Waals surface area contributed by atoms with Crippen LogP contribution in [0.1, 0.15) is 30.4 Å². The van der Waals surface area contributed by atoms with Crippen LogP contribution in [-0.4, -0.2) is 26.1 Å². The van der Waals surface area contributed by atoms with Crippen LogP contribution in [0.15, 0.2) is 58.7 Å². The zero-order valence-corrected chi connectivity index (χ0v) is 15.9. The normalized spacial score (nSPS) is 19.6. The molecule has 28 heavy (non-hydrogen) atoms. The molecule has 0 saturated heterocycles. The molecular weight excluding hydrogens is 386 g/mol. The van der Waals surface area contributed by atoms with E-state index in [4.69, 9.17) is 4.74 Å². The van der Waals surface area contributed by atoms with Crippen molar-refractivity contribution in [3.05, 3.63) is 76.6 Å². The number of hydrogen-bond donors (Lipinski definition) is 1. The van der Waals surface area contributed by atoms with Crippen LogP contribution in [0.25, 0.3) is 11.1 Å². The van der Waals surface area contributed by atoms with Gasteiger partial charge in [0.15, 0.2) is 21.5 Å². The fourth-order valence-corrected chi connectivity index (χ4v) is 4.05. The smallest absolute Gasteiger partial charge is 0.225 e. The highest BCUT2D eigenvalue weighted by Gasteiger charge is 2.35. The maximum atomic E-state index is 13.9. The van der Waals surface area contributed by atoms with Crippen molar-refractivity contribution >= 4 is 21.0 Å². The van der Waals surface area contributed by atoms with Gasteiger partial charge in [0.1, 0.15) is 5.76 Å². The van der Waals surface area contributed by atoms with E-state index < -0.39 is 27.8 Å². The van der Waals surface area contributed by atoms with E-state index in [1.54, 1.807) is 12.1 Å². The minimum absolute atomic E-state index is 0.150. The summed E-state index contributed by atoms with van der Waals surface area (Å²) in [5.74, 6) is -1.45. The Morgan fingerprint density at radius 2 is 1.64 bits per heavy atom. The second kappa shape index (κ2) is 6.83. The number of benzene rings is 2. The Morgan fingerprint density at radius 3 is 2.18 bits per heavy atom. The van der Waals surface area contributed by atoms with Crippen molar-refractivity contribution < 1.29 is 27.0 Å². The number of halogens is 2. The van der Waals surface area contributed by atoms with Gasteiger partial charge >= 0.3 is 0 Å². The molecular formula is C21H18F2O4S. The molecule has 1 N–H and O–H groups in total. The third kappa shape index (κ3) is 3.25. The lowest BCUT2D eigenvalue weighted by atomic mass is 9.86. The van der Waals surface area contributed by atoms with Crippen LogP contribution in [-0.2, 0) is 14.6 Å². The fraction of sp³-hybridized carbons (Fsp3) is 0.238. The highest BCUT2D eigenvalue weighted by atomic mass is 32.2. The molecule has 2 aromatic carbocycles. The number of aliphatic hydroxyl groups is 1. The van der Waals surface area contributed by atoms with Gasteiger partial charge in [0.25, 0.3) is 0 Å². The Bertz CT molecular complexity index is 1110. The van der Waals surface area contributed by atoms with Crippen molar-refractivity contribution in [2.45, 2.75) is 30.4 Å². The maximum Gasteiger partial charge on any atom is 0.225 e. The number of rotatable bonds is 3. The SMILES string of the molecule is CS(=O)(=O)c1ccc(C2=C(c3ccc(F)c(F)c3)C(=C3CCC3)OC2O)cc1. The van der Waals surface area contributed by atoms with Gasteiger partial charge in [-0.3, -0.25) is 0 Å². The van der Waals surface area contributed by atoms with Crippen LogP contribution in [0.2, 0.25) is 0 Å². The quantitative estimate of drug-likeness (QED) is 0.838. The van der Waals surface area contributed by atoms with E-state index in [9.17, 15) is 22.3 Å². The Hall–Kier alpha value is -2.51. The summed E-state index contributed by atoms with van der Waals surface area (Å²) in [6, 6.07) is 9.60. The first kappa shape index (κ1) is 18.8. The first-order valence-corrected chi connectivity index (χ1v) is 10.7. The minimum atomic E-state index is -3.36. The molecule has 2 aliphatic rings. The molecule has 1 atom stereocenters. The highest BCUT2D eigenvalue weighted by molar-refractivity contribution is 7.90. The van der Waals surface area contributed by atoms with Crippen molar-refractivity contribution in [3.63, 3.8) is 0 Å². The lowest BCUT2D eigenvalue weighted by Crippen LogP contribution is -2.09. The highest BCUT2D eigenvalue weighted by Crippen LogP contribution is 2.46. The van der Waals surface area contributed by atoms with Crippen molar-refractivity contribution in [1.29, 1.82) is 0 Å². The van der Waals surface area contributed by atoms with Gasteiger partial charge < -0.3 is 9.84 Å². The van der Waals surface area contributed by atoms with Gasteiger partial charge in [0, 0.05) is 17.4 Å². The first-order chi connectivity index (χ1) is 13.3. The van der Waals surface area contributed by atoms with Gasteiger partial charge in [-0.25, -0.2) is 17.2 Å². The maximum absolute atomic E-state index is 13.9. The summed E-state index contributed by atoms with van der Waals surface area (Å²) >= 11 is 0. The van der Waals surface area contributed by atoms with Gasteiger partial charge in [-0.2, -0.15) is 0 Å². The molecule has 2 aromatic rings. The van der Waals surface area contributed by atoms with Crippen LogP contribution in [0.4, 0.5) is 8.78 Å². The van der Waals surface area contributed by atoms with Crippen LogP contribution in [0.5, 0.6) is 0 Å². The van der Waals surface area contributed by atoms with Gasteiger partial charge in [-0.1, -0.05) is 18.2 Å². The summed E-state index contributed by atoms with van der Waals surface area (Å²) < 4.78 is 56.4. The van der Waals surface area contributed by atoms with Gasteiger partial charge in [0.05, 0.1) is 4.90 Å². The van der Waals surface area contributed by atoms with Gasteiger partial charge in [-0.15, -0.1) is 0 Å². The van der Waals surface area contributed by atoms with E-state index >= 15 is 0 Å². The molecule has 1 unspecified atom stereocenters. The number of aliphatic hydroxyl groups excluding tert-OH is 1. The third-order valence-corrected chi connectivity index (χ3v) is 6.18. The largest absolute Gasteiger partial charge is 0.460 e. The van der Waals surface area contributed by atoms with Crippen LogP contribution in [0, 0.1) is 11.6 Å². The number of ether oxygens (including phenoxy) is 1. The number of allylic oxidation sites excluding steroid dienone is 2. The lowest BCUT2D eigenvalue weighted by molar-refractivity contribution is -0.00491. The Labute approximate surface area is 161 Å². The average Bonchev–Trinajstić information content (AvgIpc) is 2.92. The average molecular weight is 404 g/mol. The molecule has 0 amide bonds. The zero-order chi connectivity index (χ0) is 20.1. The Balaban J connectivity index is 1.92. The Kier molecular flexibility index (Phi) is 4.59.